The van der Waals surface area contributed by atoms with Crippen LogP contribution in [0, 0.1) is 0 Å². The summed E-state index contributed by atoms with van der Waals surface area (Å²) in [5.41, 5.74) is 2.97. The molecule has 3 aromatic rings. The van der Waals surface area contributed by atoms with Gasteiger partial charge in [-0.2, -0.15) is 5.10 Å². The average molecular weight is 346 g/mol. The van der Waals surface area contributed by atoms with E-state index < -0.39 is 0 Å². The monoisotopic (exact) mass is 346 g/mol. The van der Waals surface area contributed by atoms with Crippen LogP contribution in [0.2, 0.25) is 0 Å². The summed E-state index contributed by atoms with van der Waals surface area (Å²) in [4.78, 5) is 0. The molecule has 0 spiro atoms. The lowest BCUT2D eigenvalue weighted by molar-refractivity contribution is 0.272. The second-order valence-electron chi connectivity index (χ2n) is 5.96. The van der Waals surface area contributed by atoms with Crippen molar-refractivity contribution in [3.63, 3.8) is 0 Å². The number of hydrazone groups is 1. The Kier molecular flexibility index (Phi) is 5.88. The summed E-state index contributed by atoms with van der Waals surface area (Å²) < 4.78 is 5.22. The minimum Gasteiger partial charge on any atom is -0.507 e. The average Bonchev–Trinajstić information content (AvgIpc) is 2.69. The number of benzene rings is 3. The van der Waals surface area contributed by atoms with Crippen molar-refractivity contribution in [2.24, 2.45) is 5.10 Å². The number of phenols is 1. The molecular weight excluding hydrogens is 324 g/mol. The summed E-state index contributed by atoms with van der Waals surface area (Å²) in [5.74, 6) is 0.857. The number of hydrogen-bond acceptors (Lipinski definition) is 4. The highest BCUT2D eigenvalue weighted by molar-refractivity contribution is 5.83. The summed E-state index contributed by atoms with van der Waals surface area (Å²) in [6.45, 7) is 1.36. The number of hydrogen-bond donors (Lipinski definition) is 1. The first-order valence-corrected chi connectivity index (χ1v) is 8.48. The van der Waals surface area contributed by atoms with Gasteiger partial charge < -0.3 is 9.84 Å². The fourth-order valence-corrected chi connectivity index (χ4v) is 2.63. The third-order valence-corrected chi connectivity index (χ3v) is 4.01. The van der Waals surface area contributed by atoms with Crippen LogP contribution in [0.4, 0.5) is 0 Å². The first kappa shape index (κ1) is 17.5. The summed E-state index contributed by atoms with van der Waals surface area (Å²) in [5, 5.41) is 16.6. The van der Waals surface area contributed by atoms with Crippen molar-refractivity contribution in [1.82, 2.24) is 5.01 Å². The summed E-state index contributed by atoms with van der Waals surface area (Å²) in [6.07, 6.45) is 1.67. The number of rotatable bonds is 7. The molecule has 0 radical (unpaired) electrons. The molecule has 0 fully saturated rings. The van der Waals surface area contributed by atoms with E-state index in [9.17, 15) is 5.11 Å². The highest BCUT2D eigenvalue weighted by Crippen LogP contribution is 2.21. The molecule has 0 saturated heterocycles. The van der Waals surface area contributed by atoms with Gasteiger partial charge in [0.15, 0.2) is 0 Å². The Bertz CT molecular complexity index is 807. The Morgan fingerprint density at radius 2 is 1.46 bits per heavy atom. The lowest BCUT2D eigenvalue weighted by atomic mass is 10.2. The third kappa shape index (κ3) is 4.86. The normalized spacial score (nSPS) is 10.8. The Balaban J connectivity index is 1.82. The Morgan fingerprint density at radius 1 is 0.885 bits per heavy atom. The molecule has 0 bridgehead atoms. The van der Waals surface area contributed by atoms with E-state index in [1.54, 1.807) is 31.5 Å². The minimum atomic E-state index is 0.175. The molecule has 0 aliphatic rings. The molecule has 132 valence electrons. The van der Waals surface area contributed by atoms with Crippen LogP contribution >= 0.6 is 0 Å². The fourth-order valence-electron chi connectivity index (χ4n) is 2.63. The van der Waals surface area contributed by atoms with E-state index in [1.165, 1.54) is 11.1 Å². The Labute approximate surface area is 154 Å². The van der Waals surface area contributed by atoms with Gasteiger partial charge in [0.1, 0.15) is 11.5 Å². The van der Waals surface area contributed by atoms with Crippen molar-refractivity contribution in [1.29, 1.82) is 0 Å². The first-order chi connectivity index (χ1) is 12.7. The van der Waals surface area contributed by atoms with E-state index in [-0.39, 0.29) is 5.75 Å². The smallest absolute Gasteiger partial charge is 0.124 e. The number of aromatic hydroxyl groups is 1. The molecule has 0 amide bonds. The van der Waals surface area contributed by atoms with Crippen molar-refractivity contribution >= 4 is 6.21 Å². The number of ether oxygens (including phenoxy) is 1. The van der Waals surface area contributed by atoms with Gasteiger partial charge in [-0.25, -0.2) is 0 Å². The Morgan fingerprint density at radius 3 is 2.00 bits per heavy atom. The van der Waals surface area contributed by atoms with Crippen LogP contribution in [0.1, 0.15) is 16.7 Å². The van der Waals surface area contributed by atoms with Crippen LogP contribution in [0.5, 0.6) is 11.5 Å². The highest BCUT2D eigenvalue weighted by Gasteiger charge is 2.06. The fraction of sp³-hybridized carbons (Fsp3) is 0.136. The Hall–Kier alpha value is -3.27. The van der Waals surface area contributed by atoms with Crippen LogP contribution in [0.3, 0.4) is 0 Å². The molecular formula is C22H22N2O2. The SMILES string of the molecule is COc1ccc(O)c(/C=N/N(Cc2ccccc2)Cc2ccccc2)c1. The van der Waals surface area contributed by atoms with Crippen LogP contribution in [-0.2, 0) is 13.1 Å². The lowest BCUT2D eigenvalue weighted by Crippen LogP contribution is -2.17. The van der Waals surface area contributed by atoms with Gasteiger partial charge >= 0.3 is 0 Å². The maximum Gasteiger partial charge on any atom is 0.124 e. The first-order valence-electron chi connectivity index (χ1n) is 8.48. The molecule has 4 heteroatoms. The zero-order valence-corrected chi connectivity index (χ0v) is 14.7. The molecule has 0 heterocycles. The van der Waals surface area contributed by atoms with E-state index in [0.717, 1.165) is 0 Å². The highest BCUT2D eigenvalue weighted by atomic mass is 16.5. The maximum atomic E-state index is 10.1. The molecule has 0 saturated carbocycles. The standard InChI is InChI=1S/C22H22N2O2/c1-26-21-12-13-22(25)20(14-21)15-23-24(16-18-8-4-2-5-9-18)17-19-10-6-3-7-11-19/h2-15,25H,16-17H2,1H3/b23-15+. The van der Waals surface area contributed by atoms with E-state index in [2.05, 4.69) is 29.4 Å². The zero-order chi connectivity index (χ0) is 18.2. The molecule has 26 heavy (non-hydrogen) atoms. The van der Waals surface area contributed by atoms with E-state index >= 15 is 0 Å². The second kappa shape index (κ2) is 8.72. The van der Waals surface area contributed by atoms with Crippen molar-refractivity contribution in [3.05, 3.63) is 95.6 Å². The van der Waals surface area contributed by atoms with Crippen LogP contribution in [0.15, 0.2) is 84.0 Å². The summed E-state index contributed by atoms with van der Waals surface area (Å²) in [7, 11) is 1.60. The van der Waals surface area contributed by atoms with Crippen molar-refractivity contribution in [3.8, 4) is 11.5 Å². The van der Waals surface area contributed by atoms with Crippen molar-refractivity contribution in [2.75, 3.05) is 7.11 Å². The predicted octanol–water partition coefficient (Wildman–Crippen LogP) is 4.44. The largest absolute Gasteiger partial charge is 0.507 e. The topological polar surface area (TPSA) is 45.1 Å². The second-order valence-corrected chi connectivity index (χ2v) is 5.96. The predicted molar refractivity (Wildman–Crippen MR) is 104 cm³/mol. The molecule has 0 aliphatic heterocycles. The van der Waals surface area contributed by atoms with Gasteiger partial charge in [-0.05, 0) is 29.3 Å². The van der Waals surface area contributed by atoms with Crippen molar-refractivity contribution < 1.29 is 9.84 Å². The molecule has 3 rings (SSSR count). The van der Waals surface area contributed by atoms with Crippen LogP contribution < -0.4 is 4.74 Å². The van der Waals surface area contributed by atoms with Gasteiger partial charge in [-0.1, -0.05) is 60.7 Å². The van der Waals surface area contributed by atoms with E-state index in [4.69, 9.17) is 4.74 Å². The van der Waals surface area contributed by atoms with Gasteiger partial charge in [0.25, 0.3) is 0 Å². The number of phenolic OH excluding ortho intramolecular Hbond substituents is 1. The molecule has 0 aliphatic carbocycles. The quantitative estimate of drug-likeness (QED) is 0.508. The van der Waals surface area contributed by atoms with Gasteiger partial charge in [-0.15, -0.1) is 0 Å². The van der Waals surface area contributed by atoms with Crippen LogP contribution in [0.25, 0.3) is 0 Å². The molecule has 0 unspecified atom stereocenters. The molecule has 4 nitrogen and oxygen atoms in total. The molecule has 0 atom stereocenters. The molecule has 0 aromatic heterocycles. The molecule has 1 N–H and O–H groups in total. The van der Waals surface area contributed by atoms with E-state index in [0.29, 0.717) is 24.4 Å². The van der Waals surface area contributed by atoms with Gasteiger partial charge in [-0.3, -0.25) is 5.01 Å². The van der Waals surface area contributed by atoms with Crippen molar-refractivity contribution in [2.45, 2.75) is 13.1 Å². The summed E-state index contributed by atoms with van der Waals surface area (Å²) in [6, 6.07) is 25.5. The number of methoxy groups -OCH3 is 1. The van der Waals surface area contributed by atoms with E-state index in [1.807, 2.05) is 41.4 Å². The maximum absolute atomic E-state index is 10.1. The zero-order valence-electron chi connectivity index (χ0n) is 14.7. The third-order valence-electron chi connectivity index (χ3n) is 4.01. The molecule has 3 aromatic carbocycles. The lowest BCUT2D eigenvalue weighted by Gasteiger charge is -2.19. The van der Waals surface area contributed by atoms with Gasteiger partial charge in [0, 0.05) is 5.56 Å². The minimum absolute atomic E-state index is 0.175. The van der Waals surface area contributed by atoms with Gasteiger partial charge in [0.2, 0.25) is 0 Å². The van der Waals surface area contributed by atoms with Gasteiger partial charge in [0.05, 0.1) is 26.4 Å². The number of nitrogens with zero attached hydrogens (tertiary/aromatic N) is 2. The summed E-state index contributed by atoms with van der Waals surface area (Å²) >= 11 is 0. The van der Waals surface area contributed by atoms with Crippen LogP contribution in [-0.4, -0.2) is 23.4 Å².